The first kappa shape index (κ1) is 18.7. The van der Waals surface area contributed by atoms with E-state index in [9.17, 15) is 9.59 Å². The van der Waals surface area contributed by atoms with Crippen molar-refractivity contribution in [1.29, 1.82) is 0 Å². The Morgan fingerprint density at radius 2 is 2.03 bits per heavy atom. The number of rotatable bonds is 3. The van der Waals surface area contributed by atoms with Crippen molar-refractivity contribution in [3.63, 3.8) is 0 Å². The zero-order valence-electron chi connectivity index (χ0n) is 16.0. The Labute approximate surface area is 176 Å². The summed E-state index contributed by atoms with van der Waals surface area (Å²) in [7, 11) is 0. The fourth-order valence-corrected chi connectivity index (χ4v) is 4.34. The van der Waals surface area contributed by atoms with E-state index in [1.54, 1.807) is 6.20 Å². The van der Waals surface area contributed by atoms with Crippen LogP contribution in [0.15, 0.2) is 18.5 Å². The van der Waals surface area contributed by atoms with Crippen LogP contribution in [-0.2, 0) is 19.3 Å². The molecule has 3 aromatic rings. The number of aromatic nitrogens is 3. The number of Topliss-reactive ketones (excluding diaryl/α,β-unsaturated/α-hetero) is 1. The molecule has 0 aromatic carbocycles. The Balaban J connectivity index is 1.63. The summed E-state index contributed by atoms with van der Waals surface area (Å²) in [5.74, 6) is -0.925. The van der Waals surface area contributed by atoms with Crippen LogP contribution in [0.3, 0.4) is 0 Å². The van der Waals surface area contributed by atoms with E-state index in [1.807, 2.05) is 0 Å². The van der Waals surface area contributed by atoms with E-state index in [4.69, 9.17) is 11.6 Å². The summed E-state index contributed by atoms with van der Waals surface area (Å²) < 4.78 is 15.6. The Morgan fingerprint density at radius 3 is 2.83 bits per heavy atom. The van der Waals surface area contributed by atoms with E-state index >= 15 is 4.39 Å². The summed E-state index contributed by atoms with van der Waals surface area (Å²) in [6, 6.07) is 1.46. The molecule has 4 heterocycles. The predicted octanol–water partition coefficient (Wildman–Crippen LogP) is 3.59. The average Bonchev–Trinajstić information content (AvgIpc) is 3.09. The third-order valence-corrected chi connectivity index (χ3v) is 5.77. The van der Waals surface area contributed by atoms with Crippen LogP contribution in [0.5, 0.6) is 0 Å². The van der Waals surface area contributed by atoms with Crippen LogP contribution in [-0.4, -0.2) is 33.2 Å². The van der Waals surface area contributed by atoms with E-state index in [0.717, 1.165) is 16.8 Å². The number of nitrogens with zero attached hydrogens (tertiary/aromatic N) is 2. The molecule has 0 spiro atoms. The van der Waals surface area contributed by atoms with Gasteiger partial charge in [-0.2, -0.15) is 0 Å². The molecule has 0 radical (unpaired) electrons. The highest BCUT2D eigenvalue weighted by Gasteiger charge is 2.32. The van der Waals surface area contributed by atoms with Gasteiger partial charge >= 0.3 is 0 Å². The van der Waals surface area contributed by atoms with Gasteiger partial charge in [-0.15, -0.1) is 0 Å². The highest BCUT2D eigenvalue weighted by atomic mass is 35.5. The van der Waals surface area contributed by atoms with Gasteiger partial charge in [0.1, 0.15) is 5.15 Å². The van der Waals surface area contributed by atoms with Crippen molar-refractivity contribution in [3.05, 3.63) is 57.4 Å². The second-order valence-electron chi connectivity index (χ2n) is 7.39. The van der Waals surface area contributed by atoms with Gasteiger partial charge in [0.2, 0.25) is 0 Å². The molecule has 2 aliphatic rings. The number of aromatic amines is 1. The molecule has 5 rings (SSSR count). The molecule has 1 aliphatic carbocycles. The number of pyridine rings is 2. The molecule has 1 amide bonds. The summed E-state index contributed by atoms with van der Waals surface area (Å²) >= 11 is 5.96. The zero-order valence-corrected chi connectivity index (χ0v) is 16.8. The molecule has 152 valence electrons. The molecule has 0 fully saturated rings. The van der Waals surface area contributed by atoms with Gasteiger partial charge in [-0.3, -0.25) is 9.59 Å². The predicted molar refractivity (Wildman–Crippen MR) is 110 cm³/mol. The highest BCUT2D eigenvalue weighted by Crippen LogP contribution is 2.40. The third-order valence-electron chi connectivity index (χ3n) is 5.56. The van der Waals surface area contributed by atoms with Gasteiger partial charge in [-0.1, -0.05) is 11.6 Å². The lowest BCUT2D eigenvalue weighted by atomic mass is 9.88. The number of ketones is 1. The molecule has 0 saturated carbocycles. The van der Waals surface area contributed by atoms with Gasteiger partial charge < -0.3 is 15.6 Å². The summed E-state index contributed by atoms with van der Waals surface area (Å²) in [5.41, 5.74) is 4.71. The number of carbonyl (C=O) groups is 2. The lowest BCUT2D eigenvalue weighted by Crippen LogP contribution is -2.32. The second-order valence-corrected chi connectivity index (χ2v) is 7.78. The van der Waals surface area contributed by atoms with Gasteiger partial charge in [-0.05, 0) is 37.0 Å². The first-order valence-corrected chi connectivity index (χ1v) is 9.95. The van der Waals surface area contributed by atoms with Crippen LogP contribution in [0.2, 0.25) is 5.15 Å². The number of halogens is 2. The van der Waals surface area contributed by atoms with Crippen LogP contribution in [0.25, 0.3) is 11.3 Å². The summed E-state index contributed by atoms with van der Waals surface area (Å²) in [6.45, 7) is 1.95. The number of H-pyrrole nitrogens is 1. The second kappa shape index (κ2) is 6.91. The number of amides is 1. The van der Waals surface area contributed by atoms with Gasteiger partial charge in [0.05, 0.1) is 22.5 Å². The fraction of sp³-hybridized carbons (Fsp3) is 0.238. The number of hydrogen-bond acceptors (Lipinski definition) is 5. The number of aryl methyl sites for hydroxylation is 1. The van der Waals surface area contributed by atoms with Crippen molar-refractivity contribution in [2.75, 3.05) is 11.9 Å². The summed E-state index contributed by atoms with van der Waals surface area (Å²) in [6.07, 6.45) is 4.88. The maximum atomic E-state index is 15.6. The smallest absolute Gasteiger partial charge is 0.253 e. The minimum Gasteiger partial charge on any atom is -0.357 e. The molecular weight excluding hydrogens is 409 g/mol. The Bertz CT molecular complexity index is 1240. The topological polar surface area (TPSA) is 99.8 Å². The monoisotopic (exact) mass is 425 g/mol. The zero-order chi connectivity index (χ0) is 21.0. The molecule has 0 saturated heterocycles. The molecule has 0 atom stereocenters. The standard InChI is InChI=1S/C21H17ClFN5O2/c1-9(29)12-8-25-15(22)6-14(12)28-20-18(23)16-10(7-26-20)2-3-11-17-13(27-19(11)16)4-5-24-21(17)30/h6-8,27H,2-5H2,1H3,(H,24,30)(H,25,26,28). The number of anilines is 2. The number of hydrogen-bond donors (Lipinski definition) is 3. The lowest BCUT2D eigenvalue weighted by Gasteiger charge is -2.20. The highest BCUT2D eigenvalue weighted by molar-refractivity contribution is 6.29. The van der Waals surface area contributed by atoms with Crippen LogP contribution >= 0.6 is 11.6 Å². The van der Waals surface area contributed by atoms with Crippen molar-refractivity contribution >= 4 is 34.8 Å². The quantitative estimate of drug-likeness (QED) is 0.440. The fourth-order valence-electron chi connectivity index (χ4n) is 4.18. The molecule has 0 bridgehead atoms. The van der Waals surface area contributed by atoms with Crippen molar-refractivity contribution < 1.29 is 14.0 Å². The molecule has 9 heteroatoms. The SMILES string of the molecule is CC(=O)c1cnc(Cl)cc1Nc1ncc2c(c1F)-c1[nH]c3c(c1CC2)C(=O)NCC3. The van der Waals surface area contributed by atoms with E-state index in [-0.39, 0.29) is 28.2 Å². The van der Waals surface area contributed by atoms with E-state index in [1.165, 1.54) is 19.2 Å². The Morgan fingerprint density at radius 1 is 1.20 bits per heavy atom. The van der Waals surface area contributed by atoms with Gasteiger partial charge in [0.15, 0.2) is 17.4 Å². The summed E-state index contributed by atoms with van der Waals surface area (Å²) in [4.78, 5) is 35.7. The largest absolute Gasteiger partial charge is 0.357 e. The van der Waals surface area contributed by atoms with E-state index in [0.29, 0.717) is 48.3 Å². The maximum absolute atomic E-state index is 15.6. The van der Waals surface area contributed by atoms with Crippen LogP contribution in [0, 0.1) is 5.82 Å². The van der Waals surface area contributed by atoms with Crippen LogP contribution in [0.4, 0.5) is 15.9 Å². The van der Waals surface area contributed by atoms with Crippen molar-refractivity contribution in [2.45, 2.75) is 26.2 Å². The third kappa shape index (κ3) is 2.87. The molecule has 3 aromatic heterocycles. The minimum atomic E-state index is -0.546. The van der Waals surface area contributed by atoms with Crippen molar-refractivity contribution in [3.8, 4) is 11.3 Å². The average molecular weight is 426 g/mol. The minimum absolute atomic E-state index is 0.0246. The van der Waals surface area contributed by atoms with Gasteiger partial charge in [0, 0.05) is 36.6 Å². The molecule has 30 heavy (non-hydrogen) atoms. The van der Waals surface area contributed by atoms with E-state index < -0.39 is 5.82 Å². The normalized spacial score (nSPS) is 14.4. The Kier molecular flexibility index (Phi) is 4.32. The molecule has 0 unspecified atom stereocenters. The number of nitrogens with one attached hydrogen (secondary N) is 3. The molecule has 7 nitrogen and oxygen atoms in total. The summed E-state index contributed by atoms with van der Waals surface area (Å²) in [5, 5.41) is 5.91. The number of carbonyl (C=O) groups excluding carboxylic acids is 2. The van der Waals surface area contributed by atoms with Crippen molar-refractivity contribution in [2.24, 2.45) is 0 Å². The first-order chi connectivity index (χ1) is 14.4. The van der Waals surface area contributed by atoms with E-state index in [2.05, 4.69) is 25.6 Å². The molecule has 3 N–H and O–H groups in total. The Hall–Kier alpha value is -3.26. The van der Waals surface area contributed by atoms with Gasteiger partial charge in [-0.25, -0.2) is 14.4 Å². The van der Waals surface area contributed by atoms with Crippen LogP contribution < -0.4 is 10.6 Å². The number of fused-ring (bicyclic) bond motifs is 5. The molecular formula is C21H17ClFN5O2. The molecule has 1 aliphatic heterocycles. The maximum Gasteiger partial charge on any atom is 0.253 e. The lowest BCUT2D eigenvalue weighted by molar-refractivity contribution is 0.0944. The van der Waals surface area contributed by atoms with Crippen LogP contribution in [0.1, 0.15) is 44.5 Å². The van der Waals surface area contributed by atoms with Crippen molar-refractivity contribution in [1.82, 2.24) is 20.3 Å². The van der Waals surface area contributed by atoms with Gasteiger partial charge in [0.25, 0.3) is 5.91 Å². The first-order valence-electron chi connectivity index (χ1n) is 9.57.